The van der Waals surface area contributed by atoms with Crippen LogP contribution >= 0.6 is 15.9 Å². The fourth-order valence-electron chi connectivity index (χ4n) is 1.54. The molecule has 0 spiro atoms. The van der Waals surface area contributed by atoms with Crippen molar-refractivity contribution in [2.24, 2.45) is 0 Å². The Bertz CT molecular complexity index is 312. The number of hydrogen-bond donors (Lipinski definition) is 1. The highest BCUT2D eigenvalue weighted by molar-refractivity contribution is 9.10. The van der Waals surface area contributed by atoms with Crippen LogP contribution in [0.5, 0.6) is 0 Å². The van der Waals surface area contributed by atoms with Gasteiger partial charge in [0, 0.05) is 22.9 Å². The Kier molecular flexibility index (Phi) is 5.58. The molecule has 0 saturated heterocycles. The Morgan fingerprint density at radius 3 is 3.00 bits per heavy atom. The summed E-state index contributed by atoms with van der Waals surface area (Å²) in [6.07, 6.45) is 7.76. The molecule has 1 aromatic heterocycles. The number of pyridine rings is 1. The van der Waals surface area contributed by atoms with E-state index in [9.17, 15) is 0 Å². The van der Waals surface area contributed by atoms with Crippen molar-refractivity contribution in [1.82, 2.24) is 10.3 Å². The fraction of sp³-hybridized carbons (Fsp3) is 0.417. The van der Waals surface area contributed by atoms with Gasteiger partial charge in [-0.3, -0.25) is 4.98 Å². The molecule has 0 saturated carbocycles. The minimum Gasteiger partial charge on any atom is -0.310 e. The molecule has 0 radical (unpaired) electrons. The Morgan fingerprint density at radius 1 is 1.60 bits per heavy atom. The van der Waals surface area contributed by atoms with Gasteiger partial charge in [0.1, 0.15) is 0 Å². The molecule has 1 rings (SSSR count). The van der Waals surface area contributed by atoms with E-state index < -0.39 is 0 Å². The van der Waals surface area contributed by atoms with E-state index >= 15 is 0 Å². The van der Waals surface area contributed by atoms with Crippen LogP contribution in [0.4, 0.5) is 0 Å². The smallest absolute Gasteiger partial charge is 0.0410 e. The quantitative estimate of drug-likeness (QED) is 0.800. The summed E-state index contributed by atoms with van der Waals surface area (Å²) in [5, 5.41) is 3.45. The number of hydrogen-bond acceptors (Lipinski definition) is 2. The SMILES string of the molecule is C=CCCC(NCC)c1cncc(Br)c1. The summed E-state index contributed by atoms with van der Waals surface area (Å²) in [5.41, 5.74) is 1.23. The van der Waals surface area contributed by atoms with Crippen molar-refractivity contribution in [3.05, 3.63) is 41.2 Å². The third kappa shape index (κ3) is 4.14. The first kappa shape index (κ1) is 12.4. The topological polar surface area (TPSA) is 24.9 Å². The predicted octanol–water partition coefficient (Wildman–Crippen LogP) is 3.46. The van der Waals surface area contributed by atoms with Crippen molar-refractivity contribution in [3.63, 3.8) is 0 Å². The Morgan fingerprint density at radius 2 is 2.40 bits per heavy atom. The predicted molar refractivity (Wildman–Crippen MR) is 67.8 cm³/mol. The van der Waals surface area contributed by atoms with Gasteiger partial charge in [0.15, 0.2) is 0 Å². The molecule has 1 N–H and O–H groups in total. The van der Waals surface area contributed by atoms with Gasteiger partial charge in [-0.05, 0) is 46.9 Å². The lowest BCUT2D eigenvalue weighted by Crippen LogP contribution is -2.20. The Hall–Kier alpha value is -0.670. The Balaban J connectivity index is 2.73. The third-order valence-electron chi connectivity index (χ3n) is 2.24. The minimum atomic E-state index is 0.373. The maximum absolute atomic E-state index is 4.18. The number of nitrogens with zero attached hydrogens (tertiary/aromatic N) is 1. The van der Waals surface area contributed by atoms with E-state index in [-0.39, 0.29) is 0 Å². The molecule has 0 amide bonds. The summed E-state index contributed by atoms with van der Waals surface area (Å²) in [6, 6.07) is 2.49. The molecule has 0 aromatic carbocycles. The molecule has 0 aliphatic rings. The second kappa shape index (κ2) is 6.75. The van der Waals surface area contributed by atoms with Crippen molar-refractivity contribution in [2.75, 3.05) is 6.54 Å². The van der Waals surface area contributed by atoms with Crippen LogP contribution in [0.1, 0.15) is 31.4 Å². The van der Waals surface area contributed by atoms with E-state index in [1.807, 2.05) is 12.3 Å². The van der Waals surface area contributed by atoms with E-state index in [4.69, 9.17) is 0 Å². The van der Waals surface area contributed by atoms with Gasteiger partial charge in [-0.2, -0.15) is 0 Å². The average molecular weight is 269 g/mol. The molecule has 3 heteroatoms. The molecule has 0 fully saturated rings. The van der Waals surface area contributed by atoms with Gasteiger partial charge < -0.3 is 5.32 Å². The number of halogens is 1. The highest BCUT2D eigenvalue weighted by Crippen LogP contribution is 2.20. The lowest BCUT2D eigenvalue weighted by atomic mass is 10.0. The van der Waals surface area contributed by atoms with Crippen LogP contribution in [0.2, 0.25) is 0 Å². The molecule has 1 aromatic rings. The molecule has 0 aliphatic heterocycles. The monoisotopic (exact) mass is 268 g/mol. The normalized spacial score (nSPS) is 12.4. The minimum absolute atomic E-state index is 0.373. The van der Waals surface area contributed by atoms with Crippen LogP contribution in [-0.2, 0) is 0 Å². The molecule has 82 valence electrons. The van der Waals surface area contributed by atoms with E-state index in [0.29, 0.717) is 6.04 Å². The molecule has 0 aliphatic carbocycles. The van der Waals surface area contributed by atoms with E-state index in [1.54, 1.807) is 6.20 Å². The lowest BCUT2D eigenvalue weighted by Gasteiger charge is -2.17. The molecule has 15 heavy (non-hydrogen) atoms. The van der Waals surface area contributed by atoms with Gasteiger partial charge in [-0.1, -0.05) is 13.0 Å². The molecule has 2 nitrogen and oxygen atoms in total. The van der Waals surface area contributed by atoms with Crippen molar-refractivity contribution < 1.29 is 0 Å². The molecule has 1 unspecified atom stereocenters. The lowest BCUT2D eigenvalue weighted by molar-refractivity contribution is 0.518. The Labute approximate surface area is 99.9 Å². The first-order valence-corrected chi connectivity index (χ1v) is 6.02. The standard InChI is InChI=1S/C12H17BrN2/c1-3-5-6-12(15-4-2)10-7-11(13)9-14-8-10/h3,7-9,12,15H,1,4-6H2,2H3. The average Bonchev–Trinajstić information content (AvgIpc) is 2.24. The number of aromatic nitrogens is 1. The van der Waals surface area contributed by atoms with Crippen LogP contribution in [0, 0.1) is 0 Å². The first-order valence-electron chi connectivity index (χ1n) is 5.22. The summed E-state index contributed by atoms with van der Waals surface area (Å²) in [4.78, 5) is 4.18. The summed E-state index contributed by atoms with van der Waals surface area (Å²) < 4.78 is 1.03. The zero-order valence-corrected chi connectivity index (χ0v) is 10.6. The van der Waals surface area contributed by atoms with Gasteiger partial charge >= 0.3 is 0 Å². The highest BCUT2D eigenvalue weighted by atomic mass is 79.9. The summed E-state index contributed by atoms with van der Waals surface area (Å²) in [7, 11) is 0. The molecular formula is C12H17BrN2. The molecular weight excluding hydrogens is 252 g/mol. The second-order valence-corrected chi connectivity index (χ2v) is 4.33. The van der Waals surface area contributed by atoms with Crippen molar-refractivity contribution >= 4 is 15.9 Å². The molecule has 1 heterocycles. The van der Waals surface area contributed by atoms with Crippen LogP contribution in [0.25, 0.3) is 0 Å². The van der Waals surface area contributed by atoms with E-state index in [2.05, 4.69) is 45.8 Å². The first-order chi connectivity index (χ1) is 7.27. The number of rotatable bonds is 6. The largest absolute Gasteiger partial charge is 0.310 e. The zero-order valence-electron chi connectivity index (χ0n) is 9.04. The number of allylic oxidation sites excluding steroid dienone is 1. The van der Waals surface area contributed by atoms with Crippen molar-refractivity contribution in [1.29, 1.82) is 0 Å². The van der Waals surface area contributed by atoms with E-state index in [1.165, 1.54) is 5.56 Å². The third-order valence-corrected chi connectivity index (χ3v) is 2.67. The highest BCUT2D eigenvalue weighted by Gasteiger charge is 2.09. The van der Waals surface area contributed by atoms with Crippen LogP contribution in [0.3, 0.4) is 0 Å². The molecule has 0 bridgehead atoms. The van der Waals surface area contributed by atoms with Gasteiger partial charge in [0.2, 0.25) is 0 Å². The summed E-state index contributed by atoms with van der Waals surface area (Å²) >= 11 is 3.44. The fourth-order valence-corrected chi connectivity index (χ4v) is 1.92. The second-order valence-electron chi connectivity index (χ2n) is 3.41. The maximum atomic E-state index is 4.18. The zero-order chi connectivity index (χ0) is 11.1. The van der Waals surface area contributed by atoms with Gasteiger partial charge in [-0.25, -0.2) is 0 Å². The van der Waals surface area contributed by atoms with E-state index in [0.717, 1.165) is 23.9 Å². The van der Waals surface area contributed by atoms with Gasteiger partial charge in [0.05, 0.1) is 0 Å². The van der Waals surface area contributed by atoms with Crippen molar-refractivity contribution in [2.45, 2.75) is 25.8 Å². The van der Waals surface area contributed by atoms with Crippen LogP contribution in [-0.4, -0.2) is 11.5 Å². The van der Waals surface area contributed by atoms with Gasteiger partial charge in [0.25, 0.3) is 0 Å². The maximum Gasteiger partial charge on any atom is 0.0410 e. The number of nitrogens with one attached hydrogen (secondary N) is 1. The van der Waals surface area contributed by atoms with Crippen LogP contribution in [0.15, 0.2) is 35.6 Å². The van der Waals surface area contributed by atoms with Crippen LogP contribution < -0.4 is 5.32 Å². The summed E-state index contributed by atoms with van der Waals surface area (Å²) in [5.74, 6) is 0. The van der Waals surface area contributed by atoms with Crippen molar-refractivity contribution in [3.8, 4) is 0 Å². The summed E-state index contributed by atoms with van der Waals surface area (Å²) in [6.45, 7) is 6.84. The molecule has 1 atom stereocenters. The van der Waals surface area contributed by atoms with Gasteiger partial charge in [-0.15, -0.1) is 6.58 Å².